The lowest BCUT2D eigenvalue weighted by molar-refractivity contribution is -0.148. The first kappa shape index (κ1) is 30.8. The van der Waals surface area contributed by atoms with Gasteiger partial charge >= 0.3 is 5.97 Å². The van der Waals surface area contributed by atoms with Crippen molar-refractivity contribution in [2.24, 2.45) is 5.92 Å². The van der Waals surface area contributed by atoms with Gasteiger partial charge < -0.3 is 25.0 Å². The summed E-state index contributed by atoms with van der Waals surface area (Å²) in [5, 5.41) is 24.0. The zero-order valence-electron chi connectivity index (χ0n) is 24.3. The van der Waals surface area contributed by atoms with Gasteiger partial charge in [0.1, 0.15) is 6.04 Å². The van der Waals surface area contributed by atoms with Gasteiger partial charge in [-0.3, -0.25) is 14.4 Å². The molecule has 8 heteroatoms. The van der Waals surface area contributed by atoms with Crippen molar-refractivity contribution in [3.05, 3.63) is 93.4 Å². The fourth-order valence-corrected chi connectivity index (χ4v) is 5.02. The lowest BCUT2D eigenvalue weighted by atomic mass is 9.91. The van der Waals surface area contributed by atoms with E-state index in [0.29, 0.717) is 12.8 Å². The summed E-state index contributed by atoms with van der Waals surface area (Å²) in [6.45, 7) is 8.63. The van der Waals surface area contributed by atoms with Crippen molar-refractivity contribution in [2.45, 2.75) is 58.7 Å². The van der Waals surface area contributed by atoms with Crippen LogP contribution in [-0.2, 0) is 21.7 Å². The van der Waals surface area contributed by atoms with Crippen LogP contribution in [0.15, 0.2) is 65.6 Å². The fourth-order valence-electron chi connectivity index (χ4n) is 5.02. The van der Waals surface area contributed by atoms with Crippen LogP contribution in [-0.4, -0.2) is 52.2 Å². The van der Waals surface area contributed by atoms with E-state index in [1.165, 1.54) is 10.6 Å². The van der Waals surface area contributed by atoms with Crippen molar-refractivity contribution in [1.29, 1.82) is 0 Å². The normalized spacial score (nSPS) is 13.7. The van der Waals surface area contributed by atoms with Crippen LogP contribution in [0.2, 0.25) is 0 Å². The first-order valence-electron chi connectivity index (χ1n) is 13.6. The molecule has 3 N–H and O–H groups in total. The Morgan fingerprint density at radius 3 is 2.25 bits per heavy atom. The number of nitrogens with one attached hydrogen (secondary N) is 1. The molecule has 0 saturated carbocycles. The minimum atomic E-state index is -2.19. The Balaban J connectivity index is 2.00. The van der Waals surface area contributed by atoms with Crippen LogP contribution in [0.1, 0.15) is 55.0 Å². The monoisotopic (exact) mass is 547 g/mol. The summed E-state index contributed by atoms with van der Waals surface area (Å²) < 4.78 is 1.36. The van der Waals surface area contributed by atoms with Gasteiger partial charge in [0.15, 0.2) is 5.72 Å². The molecule has 1 unspecified atom stereocenters. The molecule has 0 fully saturated rings. The summed E-state index contributed by atoms with van der Waals surface area (Å²) in [6.07, 6.45) is 1.88. The maximum absolute atomic E-state index is 13.7. The number of aryl methyl sites for hydroxylation is 2. The Morgan fingerprint density at radius 2 is 1.68 bits per heavy atom. The molecule has 1 heterocycles. The number of hydrogen-bond acceptors (Lipinski definition) is 5. The Hall–Kier alpha value is -3.75. The molecular weight excluding hydrogens is 506 g/mol. The van der Waals surface area contributed by atoms with Crippen molar-refractivity contribution in [1.82, 2.24) is 14.8 Å². The zero-order valence-corrected chi connectivity index (χ0v) is 24.3. The van der Waals surface area contributed by atoms with Gasteiger partial charge in [0.25, 0.3) is 5.56 Å². The molecule has 40 heavy (non-hydrogen) atoms. The largest absolute Gasteiger partial charge is 0.481 e. The van der Waals surface area contributed by atoms with Crippen LogP contribution in [0.3, 0.4) is 0 Å². The van der Waals surface area contributed by atoms with E-state index in [4.69, 9.17) is 0 Å². The molecule has 214 valence electrons. The molecule has 1 amide bonds. The topological polar surface area (TPSA) is 112 Å². The smallest absolute Gasteiger partial charge is 0.308 e. The number of benzene rings is 2. The average Bonchev–Trinajstić information content (AvgIpc) is 2.86. The molecule has 1 aromatic heterocycles. The molecule has 0 aliphatic heterocycles. The second-order valence-corrected chi connectivity index (χ2v) is 11.2. The number of aromatic nitrogens is 1. The van der Waals surface area contributed by atoms with E-state index in [1.54, 1.807) is 24.4 Å². The van der Waals surface area contributed by atoms with Gasteiger partial charge in [-0.15, -0.1) is 0 Å². The lowest BCUT2D eigenvalue weighted by Gasteiger charge is -2.32. The van der Waals surface area contributed by atoms with E-state index in [0.717, 1.165) is 34.4 Å². The van der Waals surface area contributed by atoms with Crippen LogP contribution in [0, 0.1) is 19.8 Å². The number of aliphatic hydroxyl groups is 1. The SMILES string of the molecule is Cc1cccc(C)c1-c1cccc([C@@](O)(CC(=O)O)NC(=O)C(CC(C)C)n2ccc(CCN(C)C)cc2=O)c1. The number of carbonyl (C=O) groups excluding carboxylic acids is 1. The highest BCUT2D eigenvalue weighted by molar-refractivity contribution is 5.82. The number of rotatable bonds is 12. The van der Waals surface area contributed by atoms with E-state index < -0.39 is 30.1 Å². The number of hydrogen-bond donors (Lipinski definition) is 3. The third-order valence-electron chi connectivity index (χ3n) is 7.04. The molecule has 0 aliphatic rings. The molecule has 0 radical (unpaired) electrons. The third kappa shape index (κ3) is 7.67. The first-order chi connectivity index (χ1) is 18.8. The van der Waals surface area contributed by atoms with Crippen LogP contribution in [0.4, 0.5) is 0 Å². The standard InChI is InChI=1S/C32H41N3O5/c1-21(2)17-27(35-16-14-24(18-28(35)36)13-15-34(5)6)31(39)33-32(40,20-29(37)38)26-12-8-11-25(19-26)30-22(3)9-7-10-23(30)4/h7-12,14,16,18-19,21,27,40H,13,15,17,20H2,1-6H3,(H,33,39)(H,37,38)/t27?,32-/m0/s1. The maximum atomic E-state index is 13.7. The van der Waals surface area contributed by atoms with Crippen LogP contribution in [0.25, 0.3) is 11.1 Å². The second-order valence-electron chi connectivity index (χ2n) is 11.2. The van der Waals surface area contributed by atoms with Crippen molar-refractivity contribution < 1.29 is 19.8 Å². The number of amides is 1. The number of likely N-dealkylation sites (N-methyl/N-ethyl adjacent to an activating group) is 1. The van der Waals surface area contributed by atoms with E-state index >= 15 is 0 Å². The molecule has 2 atom stereocenters. The maximum Gasteiger partial charge on any atom is 0.308 e. The highest BCUT2D eigenvalue weighted by Gasteiger charge is 2.37. The van der Waals surface area contributed by atoms with Crippen LogP contribution in [0.5, 0.6) is 0 Å². The molecule has 3 rings (SSSR count). The van der Waals surface area contributed by atoms with Gasteiger partial charge in [0, 0.05) is 24.4 Å². The Labute approximate surface area is 236 Å². The summed E-state index contributed by atoms with van der Waals surface area (Å²) in [6, 6.07) is 15.3. The minimum absolute atomic E-state index is 0.0518. The van der Waals surface area contributed by atoms with E-state index in [-0.39, 0.29) is 17.0 Å². The first-order valence-corrected chi connectivity index (χ1v) is 13.6. The third-order valence-corrected chi connectivity index (χ3v) is 7.04. The minimum Gasteiger partial charge on any atom is -0.481 e. The number of nitrogens with zero attached hydrogens (tertiary/aromatic N) is 2. The Kier molecular flexibility index (Phi) is 10.1. The highest BCUT2D eigenvalue weighted by Crippen LogP contribution is 2.32. The van der Waals surface area contributed by atoms with Crippen LogP contribution < -0.4 is 10.9 Å². The highest BCUT2D eigenvalue weighted by atomic mass is 16.4. The Bertz CT molecular complexity index is 1390. The fraction of sp³-hybridized carbons (Fsp3) is 0.406. The van der Waals surface area contributed by atoms with E-state index in [2.05, 4.69) is 5.32 Å². The predicted molar refractivity (Wildman–Crippen MR) is 157 cm³/mol. The van der Waals surface area contributed by atoms with E-state index in [1.807, 2.05) is 77.0 Å². The number of carboxylic acid groups (broad SMARTS) is 1. The summed E-state index contributed by atoms with van der Waals surface area (Å²) in [4.78, 5) is 40.7. The van der Waals surface area contributed by atoms with E-state index in [9.17, 15) is 24.6 Å². The van der Waals surface area contributed by atoms with Gasteiger partial charge in [-0.2, -0.15) is 0 Å². The lowest BCUT2D eigenvalue weighted by Crippen LogP contribution is -2.50. The summed E-state index contributed by atoms with van der Waals surface area (Å²) in [7, 11) is 3.92. The van der Waals surface area contributed by atoms with Crippen molar-refractivity contribution in [3.63, 3.8) is 0 Å². The number of carboxylic acids is 1. The van der Waals surface area contributed by atoms with Gasteiger partial charge in [0.05, 0.1) is 6.42 Å². The summed E-state index contributed by atoms with van der Waals surface area (Å²) in [5.41, 5.74) is 2.45. The molecule has 8 nitrogen and oxygen atoms in total. The molecule has 3 aromatic rings. The molecule has 0 saturated heterocycles. The van der Waals surface area contributed by atoms with Gasteiger partial charge in [-0.05, 0) is 86.7 Å². The number of carbonyl (C=O) groups is 2. The molecular formula is C32H41N3O5. The summed E-state index contributed by atoms with van der Waals surface area (Å²) in [5.74, 6) is -1.85. The van der Waals surface area contributed by atoms with Gasteiger partial charge in [-0.25, -0.2) is 0 Å². The van der Waals surface area contributed by atoms with Crippen molar-refractivity contribution >= 4 is 11.9 Å². The molecule has 2 aromatic carbocycles. The quantitative estimate of drug-likeness (QED) is 0.292. The molecule has 0 aliphatic carbocycles. The average molecular weight is 548 g/mol. The predicted octanol–water partition coefficient (Wildman–Crippen LogP) is 4.26. The van der Waals surface area contributed by atoms with Gasteiger partial charge in [-0.1, -0.05) is 50.2 Å². The molecule has 0 bridgehead atoms. The number of pyridine rings is 1. The van der Waals surface area contributed by atoms with Crippen molar-refractivity contribution in [2.75, 3.05) is 20.6 Å². The second kappa shape index (κ2) is 13.1. The van der Waals surface area contributed by atoms with Crippen LogP contribution >= 0.6 is 0 Å². The Morgan fingerprint density at radius 1 is 1.02 bits per heavy atom. The molecule has 0 spiro atoms. The summed E-state index contributed by atoms with van der Waals surface area (Å²) >= 11 is 0. The zero-order chi connectivity index (χ0) is 29.6. The van der Waals surface area contributed by atoms with Gasteiger partial charge in [0.2, 0.25) is 5.91 Å². The number of aliphatic carboxylic acids is 1. The van der Waals surface area contributed by atoms with Crippen molar-refractivity contribution in [3.8, 4) is 11.1 Å².